The van der Waals surface area contributed by atoms with Crippen molar-refractivity contribution in [2.75, 3.05) is 19.6 Å². The van der Waals surface area contributed by atoms with Crippen molar-refractivity contribution in [2.24, 2.45) is 0 Å². The summed E-state index contributed by atoms with van der Waals surface area (Å²) in [5.74, 6) is -0.0362. The van der Waals surface area contributed by atoms with Gasteiger partial charge < -0.3 is 5.32 Å². The summed E-state index contributed by atoms with van der Waals surface area (Å²) < 4.78 is 0. The third kappa shape index (κ3) is 2.57. The summed E-state index contributed by atoms with van der Waals surface area (Å²) >= 11 is 0. The number of hydrogen-bond donors (Lipinski definition) is 1. The molecular weight excluding hydrogens is 178 g/mol. The molecule has 1 atom stereocenters. The number of nitrogens with one attached hydrogen (secondary N) is 1. The van der Waals surface area contributed by atoms with Crippen LogP contribution in [0.2, 0.25) is 0 Å². The number of nitriles is 1. The van der Waals surface area contributed by atoms with Crippen LogP contribution in [0, 0.1) is 11.3 Å². The maximum atomic E-state index is 11.6. The fourth-order valence-corrected chi connectivity index (χ4v) is 1.63. The van der Waals surface area contributed by atoms with E-state index in [1.54, 1.807) is 6.08 Å². The normalized spacial score (nSPS) is 23.4. The van der Waals surface area contributed by atoms with E-state index in [1.807, 2.05) is 11.0 Å². The molecule has 1 rings (SSSR count). The van der Waals surface area contributed by atoms with Crippen molar-refractivity contribution in [3.05, 3.63) is 12.7 Å². The molecule has 1 N–H and O–H groups in total. The predicted octanol–water partition coefficient (Wildman–Crippen LogP) is 0.277. The first kappa shape index (κ1) is 10.7. The lowest BCUT2D eigenvalue weighted by Crippen LogP contribution is -2.44. The number of carbonyl (C=O) groups excluding carboxylic acids is 1. The smallest absolute Gasteiger partial charge is 0.238 e. The van der Waals surface area contributed by atoms with Crippen LogP contribution in [0.4, 0.5) is 0 Å². The third-order valence-electron chi connectivity index (χ3n) is 2.31. The van der Waals surface area contributed by atoms with Gasteiger partial charge in [-0.15, -0.1) is 6.58 Å². The highest BCUT2D eigenvalue weighted by Gasteiger charge is 2.26. The fourth-order valence-electron chi connectivity index (χ4n) is 1.63. The second-order valence-corrected chi connectivity index (χ2v) is 3.31. The lowest BCUT2D eigenvalue weighted by molar-refractivity contribution is -0.125. The number of amides is 1. The third-order valence-corrected chi connectivity index (χ3v) is 2.31. The van der Waals surface area contributed by atoms with Crippen molar-refractivity contribution in [3.8, 4) is 6.07 Å². The SMILES string of the molecule is C=CCN1CCCNC(=O)C1CC#N. The van der Waals surface area contributed by atoms with E-state index in [1.165, 1.54) is 0 Å². The molecule has 1 amide bonds. The molecular formula is C10H15N3O. The highest BCUT2D eigenvalue weighted by atomic mass is 16.2. The monoisotopic (exact) mass is 193 g/mol. The Bertz CT molecular complexity index is 257. The van der Waals surface area contributed by atoms with Gasteiger partial charge in [0.15, 0.2) is 0 Å². The zero-order chi connectivity index (χ0) is 10.4. The van der Waals surface area contributed by atoms with Crippen LogP contribution in [0.1, 0.15) is 12.8 Å². The van der Waals surface area contributed by atoms with Gasteiger partial charge in [0.25, 0.3) is 0 Å². The van der Waals surface area contributed by atoms with Gasteiger partial charge in [-0.3, -0.25) is 9.69 Å². The van der Waals surface area contributed by atoms with Crippen molar-refractivity contribution in [3.63, 3.8) is 0 Å². The zero-order valence-corrected chi connectivity index (χ0v) is 8.20. The number of rotatable bonds is 3. The number of nitrogens with zero attached hydrogens (tertiary/aromatic N) is 2. The van der Waals surface area contributed by atoms with Crippen molar-refractivity contribution in [1.29, 1.82) is 5.26 Å². The molecule has 0 aromatic rings. The first-order valence-electron chi connectivity index (χ1n) is 4.79. The number of hydrogen-bond acceptors (Lipinski definition) is 3. The molecule has 0 aromatic carbocycles. The Morgan fingerprint density at radius 3 is 3.21 bits per heavy atom. The maximum absolute atomic E-state index is 11.6. The lowest BCUT2D eigenvalue weighted by Gasteiger charge is -2.24. The van der Waals surface area contributed by atoms with E-state index in [0.29, 0.717) is 13.1 Å². The summed E-state index contributed by atoms with van der Waals surface area (Å²) in [5.41, 5.74) is 0. The van der Waals surface area contributed by atoms with E-state index in [4.69, 9.17) is 5.26 Å². The van der Waals surface area contributed by atoms with Crippen LogP contribution in [0.3, 0.4) is 0 Å². The van der Waals surface area contributed by atoms with Gasteiger partial charge >= 0.3 is 0 Å². The summed E-state index contributed by atoms with van der Waals surface area (Å²) in [6.07, 6.45) is 2.95. The molecule has 1 saturated heterocycles. The summed E-state index contributed by atoms with van der Waals surface area (Å²) in [5, 5.41) is 11.4. The molecule has 0 aliphatic carbocycles. The highest BCUT2D eigenvalue weighted by molar-refractivity contribution is 5.82. The van der Waals surface area contributed by atoms with Crippen LogP contribution in [0.15, 0.2) is 12.7 Å². The first-order chi connectivity index (χ1) is 6.79. The van der Waals surface area contributed by atoms with E-state index in [-0.39, 0.29) is 18.4 Å². The number of carbonyl (C=O) groups is 1. The fraction of sp³-hybridized carbons (Fsp3) is 0.600. The van der Waals surface area contributed by atoms with E-state index in [2.05, 4.69) is 11.9 Å². The summed E-state index contributed by atoms with van der Waals surface area (Å²) in [7, 11) is 0. The van der Waals surface area contributed by atoms with Crippen molar-refractivity contribution in [1.82, 2.24) is 10.2 Å². The van der Waals surface area contributed by atoms with Crippen LogP contribution in [-0.4, -0.2) is 36.5 Å². The Kier molecular flexibility index (Phi) is 4.14. The van der Waals surface area contributed by atoms with Crippen LogP contribution >= 0.6 is 0 Å². The Balaban J connectivity index is 2.70. The molecule has 0 radical (unpaired) electrons. The molecule has 14 heavy (non-hydrogen) atoms. The second kappa shape index (κ2) is 5.40. The van der Waals surface area contributed by atoms with Gasteiger partial charge in [-0.25, -0.2) is 0 Å². The standard InChI is InChI=1S/C10H15N3O/c1-2-7-13-8-3-6-12-10(14)9(13)4-5-11/h2,9H,1,3-4,6-8H2,(H,12,14). The van der Waals surface area contributed by atoms with Gasteiger partial charge in [-0.1, -0.05) is 6.08 Å². The minimum Gasteiger partial charge on any atom is -0.355 e. The van der Waals surface area contributed by atoms with E-state index >= 15 is 0 Å². The topological polar surface area (TPSA) is 56.1 Å². The minimum atomic E-state index is -0.305. The molecule has 1 heterocycles. The second-order valence-electron chi connectivity index (χ2n) is 3.31. The van der Waals surface area contributed by atoms with Crippen LogP contribution < -0.4 is 5.32 Å². The van der Waals surface area contributed by atoms with E-state index in [9.17, 15) is 4.79 Å². The zero-order valence-electron chi connectivity index (χ0n) is 8.20. The van der Waals surface area contributed by atoms with Crippen LogP contribution in [-0.2, 0) is 4.79 Å². The predicted molar refractivity (Wildman–Crippen MR) is 53.4 cm³/mol. The van der Waals surface area contributed by atoms with E-state index in [0.717, 1.165) is 13.0 Å². The van der Waals surface area contributed by atoms with Gasteiger partial charge in [-0.2, -0.15) is 5.26 Å². The Morgan fingerprint density at radius 2 is 2.57 bits per heavy atom. The van der Waals surface area contributed by atoms with E-state index < -0.39 is 0 Å². The van der Waals surface area contributed by atoms with Crippen molar-refractivity contribution < 1.29 is 4.79 Å². The molecule has 0 aromatic heterocycles. The Morgan fingerprint density at radius 1 is 1.79 bits per heavy atom. The van der Waals surface area contributed by atoms with Crippen molar-refractivity contribution in [2.45, 2.75) is 18.9 Å². The molecule has 1 aliphatic rings. The quantitative estimate of drug-likeness (QED) is 0.655. The molecule has 1 aliphatic heterocycles. The van der Waals surface area contributed by atoms with Gasteiger partial charge in [-0.05, 0) is 6.42 Å². The molecule has 0 spiro atoms. The highest BCUT2D eigenvalue weighted by Crippen LogP contribution is 2.08. The Hall–Kier alpha value is -1.34. The Labute approximate surface area is 84.2 Å². The first-order valence-corrected chi connectivity index (χ1v) is 4.79. The maximum Gasteiger partial charge on any atom is 0.238 e. The average Bonchev–Trinajstić information content (AvgIpc) is 2.33. The minimum absolute atomic E-state index is 0.0362. The van der Waals surface area contributed by atoms with Gasteiger partial charge in [0.05, 0.1) is 12.5 Å². The largest absolute Gasteiger partial charge is 0.355 e. The van der Waals surface area contributed by atoms with Crippen LogP contribution in [0.25, 0.3) is 0 Å². The molecule has 1 unspecified atom stereocenters. The average molecular weight is 193 g/mol. The molecule has 76 valence electrons. The summed E-state index contributed by atoms with van der Waals surface area (Å²) in [4.78, 5) is 13.5. The molecule has 0 bridgehead atoms. The molecule has 0 saturated carbocycles. The molecule has 4 heteroatoms. The van der Waals surface area contributed by atoms with Gasteiger partial charge in [0, 0.05) is 19.6 Å². The summed E-state index contributed by atoms with van der Waals surface area (Å²) in [6, 6.07) is 1.74. The lowest BCUT2D eigenvalue weighted by atomic mass is 10.1. The molecule has 4 nitrogen and oxygen atoms in total. The summed E-state index contributed by atoms with van der Waals surface area (Å²) in [6.45, 7) is 5.86. The van der Waals surface area contributed by atoms with Gasteiger partial charge in [0.1, 0.15) is 6.04 Å². The van der Waals surface area contributed by atoms with Crippen molar-refractivity contribution >= 4 is 5.91 Å². The molecule has 1 fully saturated rings. The van der Waals surface area contributed by atoms with Gasteiger partial charge in [0.2, 0.25) is 5.91 Å². The van der Waals surface area contributed by atoms with Crippen LogP contribution in [0.5, 0.6) is 0 Å².